The normalized spacial score (nSPS) is 10.8. The topological polar surface area (TPSA) is 29.1 Å². The molecule has 21 heavy (non-hydrogen) atoms. The summed E-state index contributed by atoms with van der Waals surface area (Å²) in [6, 6.07) is 10.3. The lowest BCUT2D eigenvalue weighted by Gasteiger charge is -2.05. The van der Waals surface area contributed by atoms with Crippen molar-refractivity contribution in [2.24, 2.45) is 0 Å². The molecule has 0 unspecified atom stereocenters. The molecular formula is C15H8F2INOS. The summed E-state index contributed by atoms with van der Waals surface area (Å²) in [5, 5.41) is 3.55. The van der Waals surface area contributed by atoms with Gasteiger partial charge in [0.1, 0.15) is 11.6 Å². The maximum Gasteiger partial charge on any atom is 0.265 e. The van der Waals surface area contributed by atoms with Gasteiger partial charge in [-0.15, -0.1) is 11.3 Å². The van der Waals surface area contributed by atoms with Crippen LogP contribution >= 0.6 is 33.9 Å². The number of halogens is 3. The fourth-order valence-electron chi connectivity index (χ4n) is 1.89. The molecule has 1 heterocycles. The van der Waals surface area contributed by atoms with Crippen LogP contribution in [0.25, 0.3) is 10.1 Å². The van der Waals surface area contributed by atoms with Crippen molar-refractivity contribution in [1.82, 2.24) is 0 Å². The van der Waals surface area contributed by atoms with Gasteiger partial charge in [0.15, 0.2) is 0 Å². The first kappa shape index (κ1) is 14.4. The minimum absolute atomic E-state index is 0.291. The number of hydrogen-bond acceptors (Lipinski definition) is 2. The molecule has 2 aromatic carbocycles. The third-order valence-corrected chi connectivity index (χ3v) is 4.87. The number of hydrogen-bond donors (Lipinski definition) is 1. The second kappa shape index (κ2) is 5.69. The second-order valence-corrected chi connectivity index (χ2v) is 6.62. The number of rotatable bonds is 2. The Morgan fingerprint density at radius 2 is 1.76 bits per heavy atom. The molecule has 0 fully saturated rings. The quantitative estimate of drug-likeness (QED) is 0.585. The van der Waals surface area contributed by atoms with Crippen molar-refractivity contribution >= 4 is 55.6 Å². The van der Waals surface area contributed by atoms with E-state index in [0.29, 0.717) is 18.8 Å². The maximum absolute atomic E-state index is 13.2. The Morgan fingerprint density at radius 1 is 1.05 bits per heavy atom. The lowest BCUT2D eigenvalue weighted by atomic mass is 10.2. The van der Waals surface area contributed by atoms with Crippen LogP contribution in [0.1, 0.15) is 9.67 Å². The number of carbonyl (C=O) groups is 1. The van der Waals surface area contributed by atoms with E-state index in [9.17, 15) is 13.6 Å². The van der Waals surface area contributed by atoms with Gasteiger partial charge < -0.3 is 5.32 Å². The van der Waals surface area contributed by atoms with Crippen molar-refractivity contribution in [2.75, 3.05) is 5.32 Å². The van der Waals surface area contributed by atoms with Gasteiger partial charge in [-0.3, -0.25) is 4.79 Å². The summed E-state index contributed by atoms with van der Waals surface area (Å²) in [4.78, 5) is 12.7. The van der Waals surface area contributed by atoms with Crippen LogP contribution in [-0.2, 0) is 0 Å². The summed E-state index contributed by atoms with van der Waals surface area (Å²) in [7, 11) is 0. The molecule has 3 rings (SSSR count). The minimum atomic E-state index is -0.352. The maximum atomic E-state index is 13.2. The molecule has 0 aliphatic rings. The standard InChI is InChI=1S/C15H8F2INOS/c16-9-3-4-12(11(18)6-9)19-15(20)14-5-8-1-2-10(17)7-13(8)21-14/h1-7H,(H,19,20). The number of carbonyl (C=O) groups excluding carboxylic acids is 1. The Balaban J connectivity index is 1.89. The molecular weight excluding hydrogens is 407 g/mol. The van der Waals surface area contributed by atoms with Crippen molar-refractivity contribution in [1.29, 1.82) is 0 Å². The SMILES string of the molecule is O=C(Nc1ccc(F)cc1I)c1cc2ccc(F)cc2s1. The molecule has 0 atom stereocenters. The van der Waals surface area contributed by atoms with Gasteiger partial charge in [0, 0.05) is 8.27 Å². The minimum Gasteiger partial charge on any atom is -0.320 e. The lowest BCUT2D eigenvalue weighted by molar-refractivity contribution is 0.103. The molecule has 1 aromatic heterocycles. The zero-order valence-electron chi connectivity index (χ0n) is 10.5. The first-order chi connectivity index (χ1) is 10.0. The number of anilines is 1. The Labute approximate surface area is 136 Å². The van der Waals surface area contributed by atoms with Crippen molar-refractivity contribution in [3.05, 3.63) is 62.5 Å². The molecule has 3 aromatic rings. The zero-order chi connectivity index (χ0) is 15.0. The third kappa shape index (κ3) is 3.06. The number of amides is 1. The lowest BCUT2D eigenvalue weighted by Crippen LogP contribution is -2.11. The molecule has 0 bridgehead atoms. The molecule has 0 aliphatic heterocycles. The van der Waals surface area contributed by atoms with Crippen LogP contribution in [0.3, 0.4) is 0 Å². The molecule has 106 valence electrons. The van der Waals surface area contributed by atoms with Crippen molar-refractivity contribution < 1.29 is 13.6 Å². The predicted octanol–water partition coefficient (Wildman–Crippen LogP) is 5.04. The Hall–Kier alpha value is -1.54. The molecule has 1 N–H and O–H groups in total. The monoisotopic (exact) mass is 415 g/mol. The Kier molecular flexibility index (Phi) is 3.90. The first-order valence-electron chi connectivity index (χ1n) is 5.98. The van der Waals surface area contributed by atoms with Crippen LogP contribution in [0, 0.1) is 15.2 Å². The molecule has 0 radical (unpaired) electrons. The molecule has 0 saturated carbocycles. The highest BCUT2D eigenvalue weighted by atomic mass is 127. The molecule has 2 nitrogen and oxygen atoms in total. The fourth-order valence-corrected chi connectivity index (χ4v) is 3.49. The van der Waals surface area contributed by atoms with Crippen molar-refractivity contribution in [2.45, 2.75) is 0 Å². The van der Waals surface area contributed by atoms with Crippen LogP contribution in [0.5, 0.6) is 0 Å². The highest BCUT2D eigenvalue weighted by Crippen LogP contribution is 2.27. The second-order valence-electron chi connectivity index (χ2n) is 4.37. The van der Waals surface area contributed by atoms with Crippen LogP contribution < -0.4 is 5.32 Å². The van der Waals surface area contributed by atoms with Gasteiger partial charge in [0.05, 0.1) is 10.6 Å². The van der Waals surface area contributed by atoms with Crippen LogP contribution in [0.15, 0.2) is 42.5 Å². The molecule has 0 aliphatic carbocycles. The van der Waals surface area contributed by atoms with E-state index in [1.165, 1.54) is 41.7 Å². The van der Waals surface area contributed by atoms with Crippen molar-refractivity contribution in [3.8, 4) is 0 Å². The fraction of sp³-hybridized carbons (Fsp3) is 0. The summed E-state index contributed by atoms with van der Waals surface area (Å²) in [6.07, 6.45) is 0. The number of thiophene rings is 1. The van der Waals surface area contributed by atoms with Gasteiger partial charge in [0.25, 0.3) is 5.91 Å². The number of nitrogens with one attached hydrogen (secondary N) is 1. The van der Waals surface area contributed by atoms with E-state index >= 15 is 0 Å². The highest BCUT2D eigenvalue weighted by molar-refractivity contribution is 14.1. The van der Waals surface area contributed by atoms with E-state index in [0.717, 1.165) is 5.39 Å². The van der Waals surface area contributed by atoms with Gasteiger partial charge >= 0.3 is 0 Å². The van der Waals surface area contributed by atoms with Gasteiger partial charge in [0.2, 0.25) is 0 Å². The van der Waals surface area contributed by atoms with Gasteiger partial charge in [-0.1, -0.05) is 6.07 Å². The first-order valence-corrected chi connectivity index (χ1v) is 7.88. The smallest absolute Gasteiger partial charge is 0.265 e. The predicted molar refractivity (Wildman–Crippen MR) is 88.9 cm³/mol. The summed E-state index contributed by atoms with van der Waals surface area (Å²) in [5.41, 5.74) is 0.547. The molecule has 1 amide bonds. The van der Waals surface area contributed by atoms with E-state index in [4.69, 9.17) is 0 Å². The van der Waals surface area contributed by atoms with Gasteiger partial charge in [-0.25, -0.2) is 8.78 Å². The number of benzene rings is 2. The van der Waals surface area contributed by atoms with E-state index in [1.807, 2.05) is 22.6 Å². The van der Waals surface area contributed by atoms with Gasteiger partial charge in [-0.2, -0.15) is 0 Å². The van der Waals surface area contributed by atoms with Crippen LogP contribution in [0.4, 0.5) is 14.5 Å². The van der Waals surface area contributed by atoms with Crippen LogP contribution in [-0.4, -0.2) is 5.91 Å². The highest BCUT2D eigenvalue weighted by Gasteiger charge is 2.12. The summed E-state index contributed by atoms with van der Waals surface area (Å²) in [5.74, 6) is -0.972. The summed E-state index contributed by atoms with van der Waals surface area (Å²) < 4.78 is 27.5. The molecule has 0 saturated heterocycles. The Bertz CT molecular complexity index is 847. The molecule has 6 heteroatoms. The van der Waals surface area contributed by atoms with Gasteiger partial charge in [-0.05, 0) is 64.4 Å². The average molecular weight is 415 g/mol. The van der Waals surface area contributed by atoms with Crippen LogP contribution in [0.2, 0.25) is 0 Å². The summed E-state index contributed by atoms with van der Waals surface area (Å²) in [6.45, 7) is 0. The number of fused-ring (bicyclic) bond motifs is 1. The Morgan fingerprint density at radius 3 is 2.52 bits per heavy atom. The average Bonchev–Trinajstić information content (AvgIpc) is 2.85. The van der Waals surface area contributed by atoms with E-state index in [1.54, 1.807) is 12.1 Å². The largest absolute Gasteiger partial charge is 0.320 e. The summed E-state index contributed by atoms with van der Waals surface area (Å²) >= 11 is 3.18. The molecule has 0 spiro atoms. The van der Waals surface area contributed by atoms with Crippen molar-refractivity contribution in [3.63, 3.8) is 0 Å². The zero-order valence-corrected chi connectivity index (χ0v) is 13.5. The van der Waals surface area contributed by atoms with E-state index in [-0.39, 0.29) is 17.5 Å². The van der Waals surface area contributed by atoms with E-state index in [2.05, 4.69) is 5.32 Å². The van der Waals surface area contributed by atoms with E-state index < -0.39 is 0 Å². The third-order valence-electron chi connectivity index (χ3n) is 2.89.